The standard InChI is InChI=1S/C9H12N2O3/c1-5(2)8(9(10)14)11-6(12)3-4-7(11)13/h3-5,8H,1-2H3,(H2,10,14). The Balaban J connectivity index is 2.95. The molecule has 0 bridgehead atoms. The van der Waals surface area contributed by atoms with Gasteiger partial charge in [-0.2, -0.15) is 0 Å². The molecule has 76 valence electrons. The Kier molecular flexibility index (Phi) is 2.69. The second-order valence-electron chi connectivity index (χ2n) is 3.47. The number of amides is 3. The quantitative estimate of drug-likeness (QED) is 0.613. The zero-order valence-corrected chi connectivity index (χ0v) is 8.06. The molecule has 1 aliphatic rings. The van der Waals surface area contributed by atoms with Crippen LogP contribution in [0.2, 0.25) is 0 Å². The molecule has 1 heterocycles. The average molecular weight is 196 g/mol. The minimum Gasteiger partial charge on any atom is -0.368 e. The zero-order valence-electron chi connectivity index (χ0n) is 8.06. The van der Waals surface area contributed by atoms with Gasteiger partial charge >= 0.3 is 0 Å². The average Bonchev–Trinajstić information content (AvgIpc) is 2.34. The highest BCUT2D eigenvalue weighted by Gasteiger charge is 2.36. The van der Waals surface area contributed by atoms with Gasteiger partial charge in [-0.25, -0.2) is 0 Å². The second kappa shape index (κ2) is 3.61. The fourth-order valence-electron chi connectivity index (χ4n) is 1.44. The summed E-state index contributed by atoms with van der Waals surface area (Å²) in [5, 5.41) is 0. The Hall–Kier alpha value is -1.65. The largest absolute Gasteiger partial charge is 0.368 e. The van der Waals surface area contributed by atoms with E-state index in [0.717, 1.165) is 17.1 Å². The monoisotopic (exact) mass is 196 g/mol. The van der Waals surface area contributed by atoms with Crippen LogP contribution < -0.4 is 5.73 Å². The summed E-state index contributed by atoms with van der Waals surface area (Å²) in [7, 11) is 0. The SMILES string of the molecule is CC(C)C(C(N)=O)N1C(=O)C=CC1=O. The molecule has 0 fully saturated rings. The maximum Gasteiger partial charge on any atom is 0.254 e. The van der Waals surface area contributed by atoms with Crippen LogP contribution in [0.25, 0.3) is 0 Å². The van der Waals surface area contributed by atoms with Gasteiger partial charge < -0.3 is 5.73 Å². The van der Waals surface area contributed by atoms with Crippen molar-refractivity contribution in [1.29, 1.82) is 0 Å². The Morgan fingerprint density at radius 2 is 1.71 bits per heavy atom. The van der Waals surface area contributed by atoms with E-state index in [2.05, 4.69) is 0 Å². The third kappa shape index (κ3) is 1.66. The fraction of sp³-hybridized carbons (Fsp3) is 0.444. The van der Waals surface area contributed by atoms with Crippen molar-refractivity contribution in [2.75, 3.05) is 0 Å². The highest BCUT2D eigenvalue weighted by Crippen LogP contribution is 2.15. The maximum atomic E-state index is 11.2. The molecule has 1 unspecified atom stereocenters. The van der Waals surface area contributed by atoms with Gasteiger partial charge in [0.05, 0.1) is 0 Å². The van der Waals surface area contributed by atoms with Crippen LogP contribution in [0.15, 0.2) is 12.2 Å². The summed E-state index contributed by atoms with van der Waals surface area (Å²) in [6, 6.07) is -0.856. The van der Waals surface area contributed by atoms with Crippen LogP contribution in [0.4, 0.5) is 0 Å². The molecule has 0 saturated carbocycles. The number of hydrogen-bond acceptors (Lipinski definition) is 3. The minimum absolute atomic E-state index is 0.180. The highest BCUT2D eigenvalue weighted by molar-refractivity contribution is 6.15. The van der Waals surface area contributed by atoms with Crippen molar-refractivity contribution in [1.82, 2.24) is 4.90 Å². The predicted octanol–water partition coefficient (Wildman–Crippen LogP) is -0.579. The smallest absolute Gasteiger partial charge is 0.254 e. The number of nitrogens with zero attached hydrogens (tertiary/aromatic N) is 1. The lowest BCUT2D eigenvalue weighted by molar-refractivity contribution is -0.146. The van der Waals surface area contributed by atoms with Gasteiger partial charge in [-0.05, 0) is 5.92 Å². The van der Waals surface area contributed by atoms with Crippen molar-refractivity contribution in [2.45, 2.75) is 19.9 Å². The number of hydrogen-bond donors (Lipinski definition) is 1. The van der Waals surface area contributed by atoms with Crippen LogP contribution in [0.5, 0.6) is 0 Å². The molecule has 0 aromatic rings. The molecule has 0 aliphatic carbocycles. The van der Waals surface area contributed by atoms with Gasteiger partial charge in [0.1, 0.15) is 6.04 Å². The van der Waals surface area contributed by atoms with Crippen molar-refractivity contribution < 1.29 is 14.4 Å². The van der Waals surface area contributed by atoms with Crippen molar-refractivity contribution in [3.8, 4) is 0 Å². The third-order valence-corrected chi connectivity index (χ3v) is 2.04. The summed E-state index contributed by atoms with van der Waals surface area (Å²) in [4.78, 5) is 34.5. The molecular weight excluding hydrogens is 184 g/mol. The summed E-state index contributed by atoms with van der Waals surface area (Å²) < 4.78 is 0. The molecule has 0 spiro atoms. The molecule has 0 radical (unpaired) electrons. The summed E-state index contributed by atoms with van der Waals surface area (Å²) in [5.74, 6) is -1.80. The van der Waals surface area contributed by atoms with Gasteiger partial charge in [-0.3, -0.25) is 19.3 Å². The normalized spacial score (nSPS) is 18.1. The molecule has 0 aromatic heterocycles. The summed E-state index contributed by atoms with van der Waals surface area (Å²) >= 11 is 0. The molecule has 5 heteroatoms. The van der Waals surface area contributed by atoms with Gasteiger partial charge in [0.2, 0.25) is 5.91 Å². The summed E-state index contributed by atoms with van der Waals surface area (Å²) in [5.41, 5.74) is 5.13. The predicted molar refractivity (Wildman–Crippen MR) is 48.8 cm³/mol. The van der Waals surface area contributed by atoms with E-state index in [1.54, 1.807) is 13.8 Å². The van der Waals surface area contributed by atoms with Crippen LogP contribution >= 0.6 is 0 Å². The Morgan fingerprint density at radius 1 is 1.29 bits per heavy atom. The van der Waals surface area contributed by atoms with Crippen molar-refractivity contribution in [3.05, 3.63) is 12.2 Å². The van der Waals surface area contributed by atoms with E-state index < -0.39 is 23.8 Å². The number of nitrogens with two attached hydrogens (primary N) is 1. The van der Waals surface area contributed by atoms with Gasteiger partial charge in [-0.1, -0.05) is 13.8 Å². The van der Waals surface area contributed by atoms with E-state index >= 15 is 0 Å². The van der Waals surface area contributed by atoms with Crippen LogP contribution in [0.3, 0.4) is 0 Å². The first-order chi connectivity index (χ1) is 6.45. The molecule has 0 saturated heterocycles. The lowest BCUT2D eigenvalue weighted by atomic mass is 10.0. The van der Waals surface area contributed by atoms with E-state index in [0.29, 0.717) is 0 Å². The zero-order chi connectivity index (χ0) is 10.9. The number of imide groups is 1. The molecule has 2 N–H and O–H groups in total. The molecule has 1 rings (SSSR count). The second-order valence-corrected chi connectivity index (χ2v) is 3.47. The van der Waals surface area contributed by atoms with Crippen molar-refractivity contribution >= 4 is 17.7 Å². The van der Waals surface area contributed by atoms with E-state index in [-0.39, 0.29) is 5.92 Å². The molecule has 0 aromatic carbocycles. The van der Waals surface area contributed by atoms with Crippen molar-refractivity contribution in [3.63, 3.8) is 0 Å². The molecule has 5 nitrogen and oxygen atoms in total. The van der Waals surface area contributed by atoms with Crippen LogP contribution in [-0.4, -0.2) is 28.7 Å². The molecule has 1 atom stereocenters. The van der Waals surface area contributed by atoms with Crippen LogP contribution in [-0.2, 0) is 14.4 Å². The number of carbonyl (C=O) groups is 3. The van der Waals surface area contributed by atoms with E-state index in [4.69, 9.17) is 5.73 Å². The lowest BCUT2D eigenvalue weighted by Gasteiger charge is -2.26. The first kappa shape index (κ1) is 10.4. The lowest BCUT2D eigenvalue weighted by Crippen LogP contribution is -2.50. The Bertz CT molecular complexity index is 302. The van der Waals surface area contributed by atoms with E-state index in [1.807, 2.05) is 0 Å². The van der Waals surface area contributed by atoms with Crippen LogP contribution in [0.1, 0.15) is 13.8 Å². The van der Waals surface area contributed by atoms with Gasteiger partial charge in [0.15, 0.2) is 0 Å². The molecule has 14 heavy (non-hydrogen) atoms. The van der Waals surface area contributed by atoms with E-state index in [1.165, 1.54) is 0 Å². The van der Waals surface area contributed by atoms with Gasteiger partial charge in [0, 0.05) is 12.2 Å². The summed E-state index contributed by atoms with van der Waals surface area (Å²) in [6.45, 7) is 3.46. The molecular formula is C9H12N2O3. The van der Waals surface area contributed by atoms with E-state index in [9.17, 15) is 14.4 Å². The maximum absolute atomic E-state index is 11.2. The van der Waals surface area contributed by atoms with Crippen LogP contribution in [0, 0.1) is 5.92 Å². The summed E-state index contributed by atoms with van der Waals surface area (Å²) in [6.07, 6.45) is 2.28. The number of carbonyl (C=O) groups excluding carboxylic acids is 3. The Labute approximate surface area is 81.5 Å². The number of rotatable bonds is 3. The molecule has 1 aliphatic heterocycles. The minimum atomic E-state index is -0.856. The van der Waals surface area contributed by atoms with Crippen molar-refractivity contribution in [2.24, 2.45) is 11.7 Å². The fourth-order valence-corrected chi connectivity index (χ4v) is 1.44. The Morgan fingerprint density at radius 3 is 2.00 bits per heavy atom. The van der Waals surface area contributed by atoms with Gasteiger partial charge in [0.25, 0.3) is 11.8 Å². The first-order valence-corrected chi connectivity index (χ1v) is 4.29. The third-order valence-electron chi connectivity index (χ3n) is 2.04. The molecule has 3 amide bonds. The van der Waals surface area contributed by atoms with Gasteiger partial charge in [-0.15, -0.1) is 0 Å². The first-order valence-electron chi connectivity index (χ1n) is 4.29. The number of primary amides is 1. The highest BCUT2D eigenvalue weighted by atomic mass is 16.2. The topological polar surface area (TPSA) is 80.5 Å².